The van der Waals surface area contributed by atoms with Crippen LogP contribution in [-0.2, 0) is 40.8 Å². The molecule has 9 rings (SSSR count). The molecule has 0 saturated heterocycles. The van der Waals surface area contributed by atoms with Crippen molar-refractivity contribution in [2.24, 2.45) is 13.0 Å². The normalized spacial score (nSPS) is 17.0. The van der Waals surface area contributed by atoms with Gasteiger partial charge in [0.1, 0.15) is 35.4 Å². The number of nitrogens with zero attached hydrogens (tertiary/aromatic N) is 7. The van der Waals surface area contributed by atoms with Crippen LogP contribution < -0.4 is 15.6 Å². The molecule has 3 atom stereocenters. The zero-order chi connectivity index (χ0) is 45.0. The van der Waals surface area contributed by atoms with Crippen molar-refractivity contribution in [1.82, 2.24) is 39.4 Å². The Hall–Kier alpha value is -5.70. The summed E-state index contributed by atoms with van der Waals surface area (Å²) in [6.45, 7) is -1.01. The van der Waals surface area contributed by atoms with Gasteiger partial charge in [0, 0.05) is 41.6 Å². The van der Waals surface area contributed by atoms with Crippen LogP contribution in [0.5, 0.6) is 0 Å². The van der Waals surface area contributed by atoms with E-state index in [-0.39, 0.29) is 72.6 Å². The fraction of sp³-hybridized carbons (Fsp3) is 0.250. The van der Waals surface area contributed by atoms with Crippen molar-refractivity contribution in [3.8, 4) is 16.9 Å². The van der Waals surface area contributed by atoms with E-state index in [1.54, 1.807) is 12.1 Å². The third-order valence-electron chi connectivity index (χ3n) is 10.9. The van der Waals surface area contributed by atoms with Crippen LogP contribution in [0.25, 0.3) is 38.9 Å². The topological polar surface area (TPSA) is 159 Å². The number of alkyl halides is 4. The Balaban J connectivity index is 1.26. The lowest BCUT2D eigenvalue weighted by Gasteiger charge is -2.24. The third kappa shape index (κ3) is 7.55. The summed E-state index contributed by atoms with van der Waals surface area (Å²) in [6, 6.07) is 11.2. The van der Waals surface area contributed by atoms with E-state index < -0.39 is 87.7 Å². The molecule has 326 valence electrons. The first-order valence-electron chi connectivity index (χ1n) is 18.7. The molecule has 1 saturated carbocycles. The average molecular weight is 951 g/mol. The summed E-state index contributed by atoms with van der Waals surface area (Å²) in [6.07, 6.45) is -2.86. The summed E-state index contributed by atoms with van der Waals surface area (Å²) in [5.41, 5.74) is -2.42. The quantitative estimate of drug-likeness (QED) is 0.123. The monoisotopic (exact) mass is 949 g/mol. The number of anilines is 1. The first kappa shape index (κ1) is 42.6. The molecule has 0 spiro atoms. The fourth-order valence-electron chi connectivity index (χ4n) is 8.31. The highest BCUT2D eigenvalue weighted by Gasteiger charge is 2.67. The number of amides is 1. The summed E-state index contributed by atoms with van der Waals surface area (Å²) in [5, 5.41) is 11.1. The fourth-order valence-corrected chi connectivity index (χ4v) is 9.55. The molecule has 4 aromatic heterocycles. The third-order valence-corrected chi connectivity index (χ3v) is 12.3. The molecule has 4 heterocycles. The first-order valence-corrected chi connectivity index (χ1v) is 21.8. The van der Waals surface area contributed by atoms with E-state index in [1.165, 1.54) is 42.1 Å². The molecule has 1 fully saturated rings. The van der Waals surface area contributed by atoms with Gasteiger partial charge in [-0.05, 0) is 72.5 Å². The Kier molecular flexibility index (Phi) is 10.3. The molecule has 13 nitrogen and oxygen atoms in total. The maximum atomic E-state index is 15.5. The van der Waals surface area contributed by atoms with E-state index in [1.807, 2.05) is 0 Å². The lowest BCUT2D eigenvalue weighted by Crippen LogP contribution is -2.38. The number of fused-ring (bicyclic) bond motifs is 5. The Morgan fingerprint density at radius 1 is 0.968 bits per heavy atom. The number of sulfonamides is 1. The zero-order valence-electron chi connectivity index (χ0n) is 32.3. The van der Waals surface area contributed by atoms with Gasteiger partial charge in [0.25, 0.3) is 17.9 Å². The van der Waals surface area contributed by atoms with Crippen LogP contribution in [-0.4, -0.2) is 54.7 Å². The van der Waals surface area contributed by atoms with Crippen molar-refractivity contribution in [3.05, 3.63) is 126 Å². The van der Waals surface area contributed by atoms with E-state index in [2.05, 4.69) is 25.2 Å². The number of carbonyl (C=O) groups excluding carboxylic acids is 1. The van der Waals surface area contributed by atoms with Gasteiger partial charge in [0.2, 0.25) is 15.9 Å². The molecular weight excluding hydrogens is 923 g/mol. The molecule has 0 bridgehead atoms. The summed E-state index contributed by atoms with van der Waals surface area (Å²) >= 11 is 19.2. The van der Waals surface area contributed by atoms with Crippen LogP contribution in [0.1, 0.15) is 53.1 Å². The zero-order valence-corrected chi connectivity index (χ0v) is 35.4. The summed E-state index contributed by atoms with van der Waals surface area (Å²) in [5.74, 6) is -9.28. The lowest BCUT2D eigenvalue weighted by molar-refractivity contribution is -0.123. The van der Waals surface area contributed by atoms with Crippen LogP contribution in [0.4, 0.5) is 32.2 Å². The SMILES string of the molecule is Cn1nc(NS(C)(=O)=O)c2c(Cl)ccc(-n3c([C@H](Cc4cc(F)cc(F)c4)NC(=O)Cn4nc(C(F)F)c5c4C(F)(F)[C@@H]4C[C@H]54)nc4nc(-c5ccc(Cl)cc5Cl)ccc4c3=O)c21. The minimum absolute atomic E-state index is 0.00643. The number of pyridine rings is 1. The van der Waals surface area contributed by atoms with Crippen molar-refractivity contribution >= 4 is 78.5 Å². The van der Waals surface area contributed by atoms with Crippen molar-refractivity contribution in [3.63, 3.8) is 0 Å². The summed E-state index contributed by atoms with van der Waals surface area (Å²) in [4.78, 5) is 38.5. The van der Waals surface area contributed by atoms with Gasteiger partial charge in [-0.2, -0.15) is 19.0 Å². The van der Waals surface area contributed by atoms with Gasteiger partial charge < -0.3 is 5.32 Å². The van der Waals surface area contributed by atoms with E-state index in [9.17, 15) is 35.6 Å². The van der Waals surface area contributed by atoms with Crippen LogP contribution >= 0.6 is 34.8 Å². The number of nitrogens with one attached hydrogen (secondary N) is 2. The molecule has 2 aliphatic rings. The predicted molar refractivity (Wildman–Crippen MR) is 221 cm³/mol. The van der Waals surface area contributed by atoms with Crippen LogP contribution in [0.2, 0.25) is 15.1 Å². The Bertz CT molecular complexity index is 3250. The Morgan fingerprint density at radius 2 is 1.70 bits per heavy atom. The smallest absolute Gasteiger partial charge is 0.293 e. The second-order valence-corrected chi connectivity index (χ2v) is 18.2. The van der Waals surface area contributed by atoms with Crippen molar-refractivity contribution in [2.45, 2.75) is 43.7 Å². The molecule has 0 unspecified atom stereocenters. The Labute approximate surface area is 366 Å². The van der Waals surface area contributed by atoms with Gasteiger partial charge in [-0.15, -0.1) is 0 Å². The number of hydrogen-bond donors (Lipinski definition) is 2. The van der Waals surface area contributed by atoms with E-state index in [0.717, 1.165) is 23.0 Å². The molecule has 7 aromatic rings. The van der Waals surface area contributed by atoms with Gasteiger partial charge in [0.05, 0.1) is 50.0 Å². The van der Waals surface area contributed by atoms with E-state index in [0.29, 0.717) is 21.3 Å². The van der Waals surface area contributed by atoms with Gasteiger partial charge in [0.15, 0.2) is 11.5 Å². The molecule has 0 aliphatic heterocycles. The predicted octanol–water partition coefficient (Wildman–Crippen LogP) is 8.39. The minimum atomic E-state index is -3.93. The molecular formula is C40H28Cl3F6N9O4S. The number of halogens is 9. The Morgan fingerprint density at radius 3 is 2.38 bits per heavy atom. The first-order chi connectivity index (χ1) is 29.7. The van der Waals surface area contributed by atoms with Crippen molar-refractivity contribution in [1.29, 1.82) is 0 Å². The minimum Gasteiger partial charge on any atom is -0.344 e. The molecule has 1 amide bonds. The largest absolute Gasteiger partial charge is 0.344 e. The number of benzene rings is 3. The van der Waals surface area contributed by atoms with E-state index in [4.69, 9.17) is 39.8 Å². The molecule has 2 aliphatic carbocycles. The van der Waals surface area contributed by atoms with Gasteiger partial charge in [-0.25, -0.2) is 35.9 Å². The van der Waals surface area contributed by atoms with Gasteiger partial charge in [-0.3, -0.25) is 28.2 Å². The maximum absolute atomic E-state index is 15.5. The molecule has 23 heteroatoms. The molecule has 63 heavy (non-hydrogen) atoms. The highest BCUT2D eigenvalue weighted by atomic mass is 35.5. The number of aromatic nitrogens is 7. The van der Waals surface area contributed by atoms with Crippen LogP contribution in [0.3, 0.4) is 0 Å². The number of carbonyl (C=O) groups is 1. The van der Waals surface area contributed by atoms with Gasteiger partial charge >= 0.3 is 0 Å². The second-order valence-electron chi connectivity index (χ2n) is 15.2. The lowest BCUT2D eigenvalue weighted by atomic mass is 10.0. The van der Waals surface area contributed by atoms with Crippen molar-refractivity contribution in [2.75, 3.05) is 11.0 Å². The molecule has 3 aromatic carbocycles. The van der Waals surface area contributed by atoms with Crippen LogP contribution in [0, 0.1) is 17.6 Å². The standard InChI is InChI=1S/C40H28Cl3F6N9O4S/c1-56-33-28(8-6-24(42)31(33)37(54-56)55-63(2,61)62)58-38(52-36-21(39(58)60)5-7-26(51-36)20-4-3-17(41)12-25(20)43)27(11-16-9-18(44)13-19(45)10-16)50-29(59)15-57-34-30(32(53-57)35(46)47)22-14-23(22)40(34,48)49/h3-10,12-13,22-23,27,35H,11,14-15H2,1-2H3,(H,50,59)(H,54,55)/t22-,23+,27-/m0/s1. The maximum Gasteiger partial charge on any atom is 0.293 e. The number of aryl methyl sites for hydroxylation is 1. The summed E-state index contributed by atoms with van der Waals surface area (Å²) in [7, 11) is -2.50. The number of hydrogen-bond acceptors (Lipinski definition) is 8. The summed E-state index contributed by atoms with van der Waals surface area (Å²) < 4.78 is 119. The highest BCUT2D eigenvalue weighted by molar-refractivity contribution is 7.92. The highest BCUT2D eigenvalue weighted by Crippen LogP contribution is 2.68. The van der Waals surface area contributed by atoms with Crippen molar-refractivity contribution < 1.29 is 39.6 Å². The molecule has 2 N–H and O–H groups in total. The second kappa shape index (κ2) is 15.2. The number of rotatable bonds is 11. The molecule has 0 radical (unpaired) electrons. The van der Waals surface area contributed by atoms with Crippen LogP contribution in [0.15, 0.2) is 65.5 Å². The van der Waals surface area contributed by atoms with E-state index >= 15 is 8.78 Å². The average Bonchev–Trinajstić information content (AvgIpc) is 3.72. The van der Waals surface area contributed by atoms with Gasteiger partial charge in [-0.1, -0.05) is 34.8 Å².